The fourth-order valence-corrected chi connectivity index (χ4v) is 2.27. The summed E-state index contributed by atoms with van der Waals surface area (Å²) in [5.41, 5.74) is 0.695. The van der Waals surface area contributed by atoms with Gasteiger partial charge in [0.2, 0.25) is 0 Å². The Morgan fingerprint density at radius 1 is 1.11 bits per heavy atom. The van der Waals surface area contributed by atoms with Crippen molar-refractivity contribution in [2.75, 3.05) is 0 Å². The summed E-state index contributed by atoms with van der Waals surface area (Å²) in [6, 6.07) is 10.5. The maximum Gasteiger partial charge on any atom is 0.133 e. The minimum atomic E-state index is -0.629. The van der Waals surface area contributed by atoms with E-state index < -0.39 is 6.10 Å². The molecule has 0 saturated heterocycles. The Balaban J connectivity index is 2.35. The maximum absolute atomic E-state index is 9.76. The van der Waals surface area contributed by atoms with Gasteiger partial charge in [0.25, 0.3) is 0 Å². The van der Waals surface area contributed by atoms with Crippen molar-refractivity contribution in [1.29, 1.82) is 0 Å². The molecule has 1 atom stereocenters. The van der Waals surface area contributed by atoms with Crippen molar-refractivity contribution in [1.82, 2.24) is 0 Å². The van der Waals surface area contributed by atoms with Crippen LogP contribution in [0.2, 0.25) is 10.0 Å². The van der Waals surface area contributed by atoms with Gasteiger partial charge in [-0.3, -0.25) is 0 Å². The molecule has 0 bridgehead atoms. The first kappa shape index (κ1) is 14.7. The number of aliphatic hydroxyl groups excluding tert-OH is 1. The van der Waals surface area contributed by atoms with Gasteiger partial charge in [0.05, 0.1) is 16.1 Å². The third-order valence-corrected chi connectivity index (χ3v) is 3.77. The van der Waals surface area contributed by atoms with Crippen LogP contribution in [0.4, 0.5) is 0 Å². The summed E-state index contributed by atoms with van der Waals surface area (Å²) in [4.78, 5) is 0. The van der Waals surface area contributed by atoms with Crippen LogP contribution in [-0.4, -0.2) is 5.11 Å². The predicted molar refractivity (Wildman–Crippen MR) is 81.3 cm³/mol. The van der Waals surface area contributed by atoms with Crippen LogP contribution < -0.4 is 4.74 Å². The summed E-state index contributed by atoms with van der Waals surface area (Å²) < 4.78 is 6.62. The Morgan fingerprint density at radius 2 is 1.84 bits per heavy atom. The molecule has 0 heterocycles. The highest BCUT2D eigenvalue weighted by Crippen LogP contribution is 2.34. The third-order valence-electron chi connectivity index (χ3n) is 2.54. The zero-order valence-corrected chi connectivity index (χ0v) is 13.1. The number of halogens is 3. The molecule has 1 unspecified atom stereocenters. The predicted octanol–water partition coefficient (Wildman–Crippen LogP) is 5.60. The molecule has 0 aliphatic carbocycles. The van der Waals surface area contributed by atoms with Crippen molar-refractivity contribution in [3.8, 4) is 11.5 Å². The highest BCUT2D eigenvalue weighted by atomic mass is 79.9. The molecule has 5 heteroatoms. The van der Waals surface area contributed by atoms with Crippen LogP contribution in [0.1, 0.15) is 18.6 Å². The molecule has 0 aromatic heterocycles. The summed E-state index contributed by atoms with van der Waals surface area (Å²) in [6.45, 7) is 1.68. The van der Waals surface area contributed by atoms with Gasteiger partial charge in [-0.15, -0.1) is 0 Å². The van der Waals surface area contributed by atoms with Crippen LogP contribution >= 0.6 is 39.1 Å². The fourth-order valence-electron chi connectivity index (χ4n) is 1.61. The Labute approximate surface area is 130 Å². The fraction of sp³-hybridized carbons (Fsp3) is 0.143. The molecule has 0 spiro atoms. The number of hydrogen-bond donors (Lipinski definition) is 1. The van der Waals surface area contributed by atoms with Crippen LogP contribution in [0.25, 0.3) is 0 Å². The van der Waals surface area contributed by atoms with E-state index in [-0.39, 0.29) is 0 Å². The lowest BCUT2D eigenvalue weighted by molar-refractivity contribution is 0.195. The second-order valence-electron chi connectivity index (χ2n) is 4.04. The van der Waals surface area contributed by atoms with Gasteiger partial charge in [-0.25, -0.2) is 0 Å². The topological polar surface area (TPSA) is 29.5 Å². The van der Waals surface area contributed by atoms with E-state index in [1.165, 1.54) is 0 Å². The number of hydrogen-bond acceptors (Lipinski definition) is 2. The molecule has 0 fully saturated rings. The van der Waals surface area contributed by atoms with E-state index in [0.717, 1.165) is 4.47 Å². The van der Waals surface area contributed by atoms with E-state index in [1.807, 2.05) is 12.1 Å². The Kier molecular flexibility index (Phi) is 4.74. The van der Waals surface area contributed by atoms with Crippen LogP contribution in [-0.2, 0) is 0 Å². The minimum absolute atomic E-state index is 0.426. The van der Waals surface area contributed by atoms with Crippen molar-refractivity contribution in [2.24, 2.45) is 0 Å². The van der Waals surface area contributed by atoms with Gasteiger partial charge in [0.15, 0.2) is 0 Å². The number of benzene rings is 2. The molecular weight excluding hydrogens is 351 g/mol. The summed E-state index contributed by atoms with van der Waals surface area (Å²) in [6.07, 6.45) is -0.629. The first-order valence-electron chi connectivity index (χ1n) is 5.58. The highest BCUT2D eigenvalue weighted by Gasteiger charge is 2.11. The van der Waals surface area contributed by atoms with Gasteiger partial charge >= 0.3 is 0 Å². The van der Waals surface area contributed by atoms with E-state index >= 15 is 0 Å². The summed E-state index contributed by atoms with van der Waals surface area (Å²) in [5, 5.41) is 10.7. The molecule has 2 nitrogen and oxygen atoms in total. The van der Waals surface area contributed by atoms with Crippen LogP contribution in [0.15, 0.2) is 40.9 Å². The van der Waals surface area contributed by atoms with Gasteiger partial charge in [-0.2, -0.15) is 0 Å². The van der Waals surface area contributed by atoms with E-state index in [1.54, 1.807) is 31.2 Å². The number of rotatable bonds is 3. The Bertz CT molecular complexity index is 600. The van der Waals surface area contributed by atoms with Gasteiger partial charge in [-0.1, -0.05) is 39.1 Å². The van der Waals surface area contributed by atoms with E-state index in [0.29, 0.717) is 27.1 Å². The molecule has 2 aromatic carbocycles. The molecule has 1 N–H and O–H groups in total. The second-order valence-corrected chi connectivity index (χ2v) is 5.77. The molecule has 2 rings (SSSR count). The van der Waals surface area contributed by atoms with E-state index in [4.69, 9.17) is 27.9 Å². The normalized spacial score (nSPS) is 12.3. The van der Waals surface area contributed by atoms with Gasteiger partial charge in [0.1, 0.15) is 11.5 Å². The largest absolute Gasteiger partial charge is 0.457 e. The van der Waals surface area contributed by atoms with Crippen LogP contribution in [0.3, 0.4) is 0 Å². The molecule has 2 aromatic rings. The zero-order valence-electron chi connectivity index (χ0n) is 10.0. The smallest absolute Gasteiger partial charge is 0.133 e. The molecule has 0 aliphatic rings. The van der Waals surface area contributed by atoms with Crippen molar-refractivity contribution in [3.63, 3.8) is 0 Å². The quantitative estimate of drug-likeness (QED) is 0.770. The zero-order chi connectivity index (χ0) is 14.0. The van der Waals surface area contributed by atoms with Crippen molar-refractivity contribution < 1.29 is 9.84 Å². The molecule has 0 aliphatic heterocycles. The summed E-state index contributed by atoms with van der Waals surface area (Å²) in [7, 11) is 0. The van der Waals surface area contributed by atoms with Crippen molar-refractivity contribution in [3.05, 3.63) is 56.5 Å². The molecule has 0 amide bonds. The monoisotopic (exact) mass is 360 g/mol. The average Bonchev–Trinajstić information content (AvgIpc) is 2.36. The lowest BCUT2D eigenvalue weighted by atomic mass is 10.1. The third kappa shape index (κ3) is 3.63. The first-order chi connectivity index (χ1) is 8.97. The molecule has 100 valence electrons. The van der Waals surface area contributed by atoms with Crippen molar-refractivity contribution in [2.45, 2.75) is 13.0 Å². The highest BCUT2D eigenvalue weighted by molar-refractivity contribution is 9.10. The average molecular weight is 362 g/mol. The standard InChI is InChI=1S/C14H11BrCl2O2/c1-8(18)11-6-9(15)2-5-14(11)19-10-3-4-12(16)13(17)7-10/h2-8,18H,1H3. The molecular formula is C14H11BrCl2O2. The number of aliphatic hydroxyl groups is 1. The lowest BCUT2D eigenvalue weighted by Gasteiger charge is -2.14. The maximum atomic E-state index is 9.76. The minimum Gasteiger partial charge on any atom is -0.457 e. The first-order valence-corrected chi connectivity index (χ1v) is 7.12. The summed E-state index contributed by atoms with van der Waals surface area (Å²) >= 11 is 15.2. The van der Waals surface area contributed by atoms with Crippen molar-refractivity contribution >= 4 is 39.1 Å². The Hall–Kier alpha value is -0.740. The Morgan fingerprint density at radius 3 is 2.47 bits per heavy atom. The van der Waals surface area contributed by atoms with Crippen LogP contribution in [0.5, 0.6) is 11.5 Å². The number of ether oxygens (including phenoxy) is 1. The van der Waals surface area contributed by atoms with Gasteiger partial charge in [0, 0.05) is 16.1 Å². The molecule has 0 radical (unpaired) electrons. The lowest BCUT2D eigenvalue weighted by Crippen LogP contribution is -1.96. The molecule has 19 heavy (non-hydrogen) atoms. The summed E-state index contributed by atoms with van der Waals surface area (Å²) in [5.74, 6) is 1.15. The SMILES string of the molecule is CC(O)c1cc(Br)ccc1Oc1ccc(Cl)c(Cl)c1. The van der Waals surface area contributed by atoms with Gasteiger partial charge in [-0.05, 0) is 37.3 Å². The van der Waals surface area contributed by atoms with Gasteiger partial charge < -0.3 is 9.84 Å². The van der Waals surface area contributed by atoms with E-state index in [9.17, 15) is 5.11 Å². The van der Waals surface area contributed by atoms with E-state index in [2.05, 4.69) is 15.9 Å². The van der Waals surface area contributed by atoms with Crippen LogP contribution in [0, 0.1) is 0 Å². The molecule has 0 saturated carbocycles. The second kappa shape index (κ2) is 6.14.